The highest BCUT2D eigenvalue weighted by Crippen LogP contribution is 2.38. The standard InChI is InChI=1S/C20H26N4O5/c1-13-9-18(24-5-7-29-8-6-24)23-17(22-13)12-21-20(25)14-10-15(26-2)19(28-4)16(11-14)27-3/h9-11H,5-8,12H2,1-4H3,(H,21,25). The summed E-state index contributed by atoms with van der Waals surface area (Å²) in [5.41, 5.74) is 1.24. The van der Waals surface area contributed by atoms with Crippen LogP contribution in [0.25, 0.3) is 0 Å². The van der Waals surface area contributed by atoms with E-state index in [9.17, 15) is 4.79 Å². The molecule has 0 saturated carbocycles. The zero-order chi connectivity index (χ0) is 20.8. The molecular weight excluding hydrogens is 376 g/mol. The number of aryl methyl sites for hydroxylation is 1. The van der Waals surface area contributed by atoms with Crippen LogP contribution in [0.4, 0.5) is 5.82 Å². The molecule has 1 amide bonds. The largest absolute Gasteiger partial charge is 0.493 e. The monoisotopic (exact) mass is 402 g/mol. The van der Waals surface area contributed by atoms with Gasteiger partial charge < -0.3 is 29.2 Å². The molecule has 1 aromatic heterocycles. The molecule has 1 N–H and O–H groups in total. The third kappa shape index (κ3) is 4.86. The summed E-state index contributed by atoms with van der Waals surface area (Å²) >= 11 is 0. The lowest BCUT2D eigenvalue weighted by Crippen LogP contribution is -2.37. The maximum Gasteiger partial charge on any atom is 0.251 e. The first-order valence-corrected chi connectivity index (χ1v) is 9.31. The summed E-state index contributed by atoms with van der Waals surface area (Å²) in [5, 5.41) is 2.85. The van der Waals surface area contributed by atoms with Crippen LogP contribution in [0.1, 0.15) is 21.9 Å². The van der Waals surface area contributed by atoms with Crippen LogP contribution in [-0.4, -0.2) is 63.5 Å². The second-order valence-corrected chi connectivity index (χ2v) is 6.48. The first-order chi connectivity index (χ1) is 14.0. The smallest absolute Gasteiger partial charge is 0.251 e. The number of morpholine rings is 1. The number of rotatable bonds is 7. The summed E-state index contributed by atoms with van der Waals surface area (Å²) in [6, 6.07) is 5.15. The van der Waals surface area contributed by atoms with Crippen molar-refractivity contribution in [2.45, 2.75) is 13.5 Å². The molecule has 9 nitrogen and oxygen atoms in total. The Labute approximate surface area is 169 Å². The summed E-state index contributed by atoms with van der Waals surface area (Å²) in [6.45, 7) is 5.04. The van der Waals surface area contributed by atoms with E-state index in [4.69, 9.17) is 18.9 Å². The zero-order valence-electron chi connectivity index (χ0n) is 17.2. The highest BCUT2D eigenvalue weighted by Gasteiger charge is 2.18. The van der Waals surface area contributed by atoms with Gasteiger partial charge in [-0.05, 0) is 19.1 Å². The minimum atomic E-state index is -0.290. The van der Waals surface area contributed by atoms with Crippen molar-refractivity contribution in [1.29, 1.82) is 0 Å². The van der Waals surface area contributed by atoms with Gasteiger partial charge in [0.05, 0.1) is 41.1 Å². The number of ether oxygens (including phenoxy) is 4. The molecule has 0 atom stereocenters. The van der Waals surface area contributed by atoms with Gasteiger partial charge in [-0.15, -0.1) is 0 Å². The van der Waals surface area contributed by atoms with Gasteiger partial charge in [0.2, 0.25) is 5.75 Å². The molecule has 0 unspecified atom stereocenters. The Morgan fingerprint density at radius 2 is 1.72 bits per heavy atom. The van der Waals surface area contributed by atoms with E-state index < -0.39 is 0 Å². The number of hydrogen-bond donors (Lipinski definition) is 1. The third-order valence-corrected chi connectivity index (χ3v) is 4.56. The predicted molar refractivity (Wildman–Crippen MR) is 107 cm³/mol. The van der Waals surface area contributed by atoms with Gasteiger partial charge in [0, 0.05) is 30.4 Å². The molecule has 1 saturated heterocycles. The lowest BCUT2D eigenvalue weighted by Gasteiger charge is -2.28. The van der Waals surface area contributed by atoms with Crippen LogP contribution in [0.15, 0.2) is 18.2 Å². The van der Waals surface area contributed by atoms with E-state index >= 15 is 0 Å². The van der Waals surface area contributed by atoms with Crippen LogP contribution >= 0.6 is 0 Å². The minimum Gasteiger partial charge on any atom is -0.493 e. The minimum absolute atomic E-state index is 0.203. The Bertz CT molecular complexity index is 843. The number of nitrogens with zero attached hydrogens (tertiary/aromatic N) is 3. The van der Waals surface area contributed by atoms with Crippen LogP contribution in [0, 0.1) is 6.92 Å². The highest BCUT2D eigenvalue weighted by molar-refractivity contribution is 5.95. The molecule has 156 valence electrons. The molecule has 0 aliphatic carbocycles. The summed E-state index contributed by atoms with van der Waals surface area (Å²) in [5.74, 6) is 2.37. The van der Waals surface area contributed by atoms with E-state index in [0.717, 1.165) is 24.6 Å². The van der Waals surface area contributed by atoms with Crippen molar-refractivity contribution in [3.8, 4) is 17.2 Å². The number of carbonyl (C=O) groups is 1. The van der Waals surface area contributed by atoms with Crippen LogP contribution in [0.3, 0.4) is 0 Å². The average molecular weight is 402 g/mol. The van der Waals surface area contributed by atoms with E-state index in [1.807, 2.05) is 13.0 Å². The molecule has 0 spiro atoms. The van der Waals surface area contributed by atoms with Crippen molar-refractivity contribution in [2.24, 2.45) is 0 Å². The van der Waals surface area contributed by atoms with Crippen LogP contribution in [0.5, 0.6) is 17.2 Å². The van der Waals surface area contributed by atoms with Gasteiger partial charge in [-0.2, -0.15) is 0 Å². The summed E-state index contributed by atoms with van der Waals surface area (Å²) in [6.07, 6.45) is 0. The molecule has 1 aromatic carbocycles. The van der Waals surface area contributed by atoms with E-state index in [-0.39, 0.29) is 12.5 Å². The fraction of sp³-hybridized carbons (Fsp3) is 0.450. The average Bonchev–Trinajstić information content (AvgIpc) is 2.76. The van der Waals surface area contributed by atoms with Gasteiger partial charge in [0.1, 0.15) is 11.6 Å². The van der Waals surface area contributed by atoms with Crippen molar-refractivity contribution in [3.63, 3.8) is 0 Å². The normalized spacial score (nSPS) is 13.7. The lowest BCUT2D eigenvalue weighted by molar-refractivity contribution is 0.0949. The van der Waals surface area contributed by atoms with E-state index in [1.165, 1.54) is 21.3 Å². The molecule has 1 aliphatic rings. The number of nitrogens with one attached hydrogen (secondary N) is 1. The van der Waals surface area contributed by atoms with Crippen LogP contribution in [-0.2, 0) is 11.3 Å². The summed E-state index contributed by atoms with van der Waals surface area (Å²) in [7, 11) is 4.53. The number of methoxy groups -OCH3 is 3. The van der Waals surface area contributed by atoms with Gasteiger partial charge >= 0.3 is 0 Å². The number of aromatic nitrogens is 2. The molecule has 1 fully saturated rings. The number of amides is 1. The molecule has 2 heterocycles. The number of anilines is 1. The fourth-order valence-electron chi connectivity index (χ4n) is 3.12. The highest BCUT2D eigenvalue weighted by atomic mass is 16.5. The first-order valence-electron chi connectivity index (χ1n) is 9.31. The Morgan fingerprint density at radius 3 is 2.31 bits per heavy atom. The van der Waals surface area contributed by atoms with Crippen molar-refractivity contribution >= 4 is 11.7 Å². The molecule has 0 radical (unpaired) electrons. The second-order valence-electron chi connectivity index (χ2n) is 6.48. The molecular formula is C20H26N4O5. The SMILES string of the molecule is COc1cc(C(=O)NCc2nc(C)cc(N3CCOCC3)n2)cc(OC)c1OC. The van der Waals surface area contributed by atoms with Gasteiger partial charge in [0.25, 0.3) is 5.91 Å². The van der Waals surface area contributed by atoms with Gasteiger partial charge in [0.15, 0.2) is 11.5 Å². The Balaban J connectivity index is 1.74. The molecule has 9 heteroatoms. The first kappa shape index (κ1) is 20.7. The van der Waals surface area contributed by atoms with E-state index in [1.54, 1.807) is 12.1 Å². The third-order valence-electron chi connectivity index (χ3n) is 4.56. The zero-order valence-corrected chi connectivity index (χ0v) is 17.2. The number of carbonyl (C=O) groups excluding carboxylic acids is 1. The van der Waals surface area contributed by atoms with Crippen molar-refractivity contribution in [3.05, 3.63) is 35.3 Å². The van der Waals surface area contributed by atoms with Gasteiger partial charge in [-0.25, -0.2) is 9.97 Å². The van der Waals surface area contributed by atoms with Crippen LogP contribution in [0.2, 0.25) is 0 Å². The van der Waals surface area contributed by atoms with Gasteiger partial charge in [-0.1, -0.05) is 0 Å². The van der Waals surface area contributed by atoms with E-state index in [2.05, 4.69) is 20.2 Å². The molecule has 29 heavy (non-hydrogen) atoms. The van der Waals surface area contributed by atoms with Crippen LogP contribution < -0.4 is 24.4 Å². The molecule has 2 aromatic rings. The Hall–Kier alpha value is -3.07. The van der Waals surface area contributed by atoms with E-state index in [0.29, 0.717) is 41.9 Å². The Morgan fingerprint density at radius 1 is 1.07 bits per heavy atom. The number of benzene rings is 1. The molecule has 0 bridgehead atoms. The maximum absolute atomic E-state index is 12.7. The fourth-order valence-corrected chi connectivity index (χ4v) is 3.12. The quantitative estimate of drug-likeness (QED) is 0.746. The summed E-state index contributed by atoms with van der Waals surface area (Å²) in [4.78, 5) is 23.9. The second kappa shape index (κ2) is 9.42. The van der Waals surface area contributed by atoms with Gasteiger partial charge in [-0.3, -0.25) is 4.79 Å². The predicted octanol–water partition coefficient (Wildman–Crippen LogP) is 1.58. The maximum atomic E-state index is 12.7. The number of hydrogen-bond acceptors (Lipinski definition) is 8. The summed E-state index contributed by atoms with van der Waals surface area (Å²) < 4.78 is 21.3. The molecule has 3 rings (SSSR count). The Kier molecular flexibility index (Phi) is 6.71. The van der Waals surface area contributed by atoms with Crippen molar-refractivity contribution in [2.75, 3.05) is 52.5 Å². The molecule has 1 aliphatic heterocycles. The van der Waals surface area contributed by atoms with Crippen molar-refractivity contribution in [1.82, 2.24) is 15.3 Å². The van der Waals surface area contributed by atoms with Crippen molar-refractivity contribution < 1.29 is 23.7 Å². The lowest BCUT2D eigenvalue weighted by atomic mass is 10.1. The topological polar surface area (TPSA) is 95.0 Å².